The highest BCUT2D eigenvalue weighted by Gasteiger charge is 2.38. The van der Waals surface area contributed by atoms with E-state index in [4.69, 9.17) is 4.74 Å². The van der Waals surface area contributed by atoms with Crippen LogP contribution in [-0.4, -0.2) is 31.4 Å². The molecule has 6 nitrogen and oxygen atoms in total. The Bertz CT molecular complexity index is 1400. The Morgan fingerprint density at radius 3 is 2.80 bits per heavy atom. The van der Waals surface area contributed by atoms with Crippen LogP contribution < -0.4 is 4.74 Å². The Morgan fingerprint density at radius 2 is 2.03 bits per heavy atom. The molecule has 180 valence electrons. The molecule has 1 atom stereocenters. The quantitative estimate of drug-likeness (QED) is 0.464. The molecule has 1 aliphatic carbocycles. The molecule has 5 rings (SSSR count). The maximum absolute atomic E-state index is 14.0. The van der Waals surface area contributed by atoms with Gasteiger partial charge < -0.3 is 9.30 Å². The molecular formula is C26H24F3N5O. The molecule has 2 aromatic heterocycles. The Hall–Kier alpha value is -3.88. The maximum atomic E-state index is 14.0. The van der Waals surface area contributed by atoms with Gasteiger partial charge in [0.25, 0.3) is 0 Å². The molecular weight excluding hydrogens is 455 g/mol. The summed E-state index contributed by atoms with van der Waals surface area (Å²) in [4.78, 5) is 8.94. The highest BCUT2D eigenvalue weighted by molar-refractivity contribution is 5.69. The number of allylic oxidation sites excluding steroid dienone is 6. The van der Waals surface area contributed by atoms with Crippen molar-refractivity contribution >= 4 is 12.2 Å². The van der Waals surface area contributed by atoms with E-state index in [1.54, 1.807) is 30.3 Å². The minimum Gasteiger partial charge on any atom is -0.495 e. The van der Waals surface area contributed by atoms with Crippen molar-refractivity contribution in [3.8, 4) is 11.4 Å². The number of aromatic nitrogens is 5. The summed E-state index contributed by atoms with van der Waals surface area (Å²) in [5.41, 5.74) is 1.92. The van der Waals surface area contributed by atoms with Gasteiger partial charge in [-0.15, -0.1) is 0 Å². The first-order valence-electron chi connectivity index (χ1n) is 11.3. The van der Waals surface area contributed by atoms with E-state index in [2.05, 4.69) is 15.1 Å². The Labute approximate surface area is 200 Å². The van der Waals surface area contributed by atoms with E-state index in [-0.39, 0.29) is 6.42 Å². The number of hydrogen-bond acceptors (Lipinski definition) is 4. The number of methoxy groups -OCH3 is 1. The molecule has 0 saturated heterocycles. The van der Waals surface area contributed by atoms with E-state index in [0.717, 1.165) is 35.5 Å². The summed E-state index contributed by atoms with van der Waals surface area (Å²) in [5, 5.41) is 4.58. The number of ether oxygens (including phenoxy) is 1. The van der Waals surface area contributed by atoms with E-state index in [1.165, 1.54) is 0 Å². The molecule has 1 aliphatic heterocycles. The monoisotopic (exact) mass is 479 g/mol. The van der Waals surface area contributed by atoms with Gasteiger partial charge in [0.15, 0.2) is 23.3 Å². The van der Waals surface area contributed by atoms with Crippen molar-refractivity contribution in [2.45, 2.75) is 38.1 Å². The maximum Gasteiger partial charge on any atom is 0.194 e. The molecule has 9 heteroatoms. The predicted molar refractivity (Wildman–Crippen MR) is 127 cm³/mol. The van der Waals surface area contributed by atoms with Crippen molar-refractivity contribution in [1.82, 2.24) is 24.3 Å². The second-order valence-corrected chi connectivity index (χ2v) is 8.71. The van der Waals surface area contributed by atoms with Gasteiger partial charge in [0.1, 0.15) is 11.6 Å². The molecule has 1 unspecified atom stereocenters. The largest absolute Gasteiger partial charge is 0.495 e. The van der Waals surface area contributed by atoms with E-state index in [1.807, 2.05) is 42.0 Å². The average molecular weight is 480 g/mol. The van der Waals surface area contributed by atoms with Crippen LogP contribution >= 0.6 is 0 Å². The summed E-state index contributed by atoms with van der Waals surface area (Å²) < 4.78 is 50.8. The summed E-state index contributed by atoms with van der Waals surface area (Å²) in [6.45, 7) is 2.57. The normalized spacial score (nSPS) is 24.7. The van der Waals surface area contributed by atoms with E-state index in [9.17, 15) is 13.2 Å². The van der Waals surface area contributed by atoms with Crippen molar-refractivity contribution in [2.75, 3.05) is 7.11 Å². The van der Waals surface area contributed by atoms with Gasteiger partial charge in [-0.05, 0) is 62.1 Å². The Kier molecular flexibility index (Phi) is 5.92. The zero-order valence-corrected chi connectivity index (χ0v) is 19.4. The van der Waals surface area contributed by atoms with E-state index < -0.39 is 22.9 Å². The molecule has 1 spiro atoms. The SMILES string of the molecule is COc1cc(/C=C/c2nc3n(n2)CCCC32/C=C/C(F)=C(F)\C(F)=C/C2)ccc1-n1cnc(C)c1. The van der Waals surface area contributed by atoms with Crippen LogP contribution in [-0.2, 0) is 12.0 Å². The summed E-state index contributed by atoms with van der Waals surface area (Å²) in [6.07, 6.45) is 12.6. The summed E-state index contributed by atoms with van der Waals surface area (Å²) in [6, 6.07) is 5.81. The van der Waals surface area contributed by atoms with Crippen molar-refractivity contribution in [3.05, 3.63) is 89.3 Å². The molecule has 0 saturated carbocycles. The first-order valence-corrected chi connectivity index (χ1v) is 11.3. The van der Waals surface area contributed by atoms with Crippen LogP contribution in [0.1, 0.15) is 42.2 Å². The lowest BCUT2D eigenvalue weighted by molar-refractivity contribution is 0.342. The van der Waals surface area contributed by atoms with Crippen LogP contribution in [0.5, 0.6) is 5.75 Å². The van der Waals surface area contributed by atoms with Crippen molar-refractivity contribution < 1.29 is 17.9 Å². The molecule has 3 aromatic rings. The van der Waals surface area contributed by atoms with Gasteiger partial charge in [-0.25, -0.2) is 27.8 Å². The molecule has 0 bridgehead atoms. The number of aryl methyl sites for hydroxylation is 2. The van der Waals surface area contributed by atoms with Crippen molar-refractivity contribution in [3.63, 3.8) is 0 Å². The molecule has 0 radical (unpaired) electrons. The second kappa shape index (κ2) is 9.05. The van der Waals surface area contributed by atoms with Gasteiger partial charge in [-0.2, -0.15) is 5.10 Å². The first kappa shape index (κ1) is 22.9. The molecule has 0 N–H and O–H groups in total. The molecule has 0 amide bonds. The fraction of sp³-hybridized carbons (Fsp3) is 0.269. The van der Waals surface area contributed by atoms with Gasteiger partial charge in [0.2, 0.25) is 0 Å². The van der Waals surface area contributed by atoms with Crippen LogP contribution in [0.25, 0.3) is 17.8 Å². The van der Waals surface area contributed by atoms with Gasteiger partial charge in [-0.1, -0.05) is 18.2 Å². The summed E-state index contributed by atoms with van der Waals surface area (Å²) in [7, 11) is 1.62. The molecule has 2 aliphatic rings. The third kappa shape index (κ3) is 4.34. The third-order valence-corrected chi connectivity index (χ3v) is 6.36. The van der Waals surface area contributed by atoms with E-state index >= 15 is 0 Å². The fourth-order valence-electron chi connectivity index (χ4n) is 4.55. The Balaban J connectivity index is 1.44. The molecule has 3 heterocycles. The number of fused-ring (bicyclic) bond motifs is 2. The van der Waals surface area contributed by atoms with Crippen LogP contribution in [0.15, 0.2) is 66.4 Å². The first-order chi connectivity index (χ1) is 16.9. The highest BCUT2D eigenvalue weighted by Crippen LogP contribution is 2.40. The van der Waals surface area contributed by atoms with E-state index in [0.29, 0.717) is 30.4 Å². The lowest BCUT2D eigenvalue weighted by Gasteiger charge is -2.33. The fourth-order valence-corrected chi connectivity index (χ4v) is 4.55. The lowest BCUT2D eigenvalue weighted by Crippen LogP contribution is -2.33. The number of hydrogen-bond donors (Lipinski definition) is 0. The predicted octanol–water partition coefficient (Wildman–Crippen LogP) is 5.95. The van der Waals surface area contributed by atoms with Crippen molar-refractivity contribution in [2.24, 2.45) is 0 Å². The average Bonchev–Trinajstić information content (AvgIpc) is 3.50. The van der Waals surface area contributed by atoms with Gasteiger partial charge in [0, 0.05) is 12.7 Å². The number of benzene rings is 1. The summed E-state index contributed by atoms with van der Waals surface area (Å²) in [5.74, 6) is -2.10. The van der Waals surface area contributed by atoms with Gasteiger partial charge in [0.05, 0.1) is 30.2 Å². The molecule has 0 fully saturated rings. The number of imidazole rings is 1. The van der Waals surface area contributed by atoms with Gasteiger partial charge in [-0.3, -0.25) is 0 Å². The number of halogens is 3. The molecule has 35 heavy (non-hydrogen) atoms. The second-order valence-electron chi connectivity index (χ2n) is 8.71. The summed E-state index contributed by atoms with van der Waals surface area (Å²) >= 11 is 0. The minimum atomic E-state index is -1.47. The topological polar surface area (TPSA) is 57.8 Å². The Morgan fingerprint density at radius 1 is 1.17 bits per heavy atom. The zero-order valence-electron chi connectivity index (χ0n) is 19.4. The lowest BCUT2D eigenvalue weighted by atomic mass is 9.76. The van der Waals surface area contributed by atoms with Crippen LogP contribution in [0, 0.1) is 6.92 Å². The van der Waals surface area contributed by atoms with Crippen LogP contribution in [0.4, 0.5) is 13.2 Å². The smallest absolute Gasteiger partial charge is 0.194 e. The van der Waals surface area contributed by atoms with Crippen LogP contribution in [0.3, 0.4) is 0 Å². The van der Waals surface area contributed by atoms with Crippen molar-refractivity contribution in [1.29, 1.82) is 0 Å². The molecule has 1 aromatic carbocycles. The minimum absolute atomic E-state index is 0.171. The number of rotatable bonds is 4. The standard InChI is InChI=1S/C26H24F3N5O/c1-17-15-33(16-30-17)21-6-4-18(14-22(21)35-2)5-7-23-31-25-26(10-3-13-34(25)32-23)11-8-19(27)24(29)20(28)9-12-26/h4-9,11,14-16H,3,10,12-13H2,1-2H3/b7-5+,11-8+,20-9+,24-19-. The highest BCUT2D eigenvalue weighted by atomic mass is 19.2. The number of nitrogens with zero attached hydrogens (tertiary/aromatic N) is 5. The third-order valence-electron chi connectivity index (χ3n) is 6.36. The van der Waals surface area contributed by atoms with Crippen LogP contribution in [0.2, 0.25) is 0 Å². The van der Waals surface area contributed by atoms with Gasteiger partial charge >= 0.3 is 0 Å². The zero-order chi connectivity index (χ0) is 24.6.